The smallest absolute Gasteiger partial charge is 0.320 e. The van der Waals surface area contributed by atoms with Crippen LogP contribution in [0.25, 0.3) is 11.4 Å². The van der Waals surface area contributed by atoms with Gasteiger partial charge in [0.25, 0.3) is 0 Å². The Morgan fingerprint density at radius 3 is 2.63 bits per heavy atom. The number of nitrogens with zero attached hydrogens (tertiary/aromatic N) is 6. The number of nitrogens with one attached hydrogen (secondary N) is 2. The number of urea groups is 1. The normalized spacial score (nSPS) is 20.3. The van der Waals surface area contributed by atoms with Gasteiger partial charge in [0.2, 0.25) is 5.95 Å². The molecule has 3 aromatic rings. The van der Waals surface area contributed by atoms with Crippen molar-refractivity contribution in [2.45, 2.75) is 48.7 Å². The SMILES string of the molecule is CC1COCCN1c1nc(-c2ccc(NC(=O)NC3(I)CCC3)cc2)nc2c1CN(c1ncccn1)CC2. The van der Waals surface area contributed by atoms with Crippen LogP contribution in [0, 0.1) is 0 Å². The van der Waals surface area contributed by atoms with Crippen LogP contribution in [0.2, 0.25) is 0 Å². The summed E-state index contributed by atoms with van der Waals surface area (Å²) in [6.07, 6.45) is 7.51. The van der Waals surface area contributed by atoms with Crippen molar-refractivity contribution in [3.05, 3.63) is 54.0 Å². The fourth-order valence-corrected chi connectivity index (χ4v) is 6.12. The van der Waals surface area contributed by atoms with E-state index >= 15 is 0 Å². The molecule has 1 aromatic carbocycles. The summed E-state index contributed by atoms with van der Waals surface area (Å²) < 4.78 is 5.60. The Morgan fingerprint density at radius 2 is 1.92 bits per heavy atom. The van der Waals surface area contributed by atoms with Crippen molar-refractivity contribution in [2.24, 2.45) is 0 Å². The topological polar surface area (TPSA) is 108 Å². The molecule has 2 N–H and O–H groups in total. The predicted octanol–water partition coefficient (Wildman–Crippen LogP) is 4.16. The van der Waals surface area contributed by atoms with E-state index < -0.39 is 0 Å². The number of aromatic nitrogens is 4. The summed E-state index contributed by atoms with van der Waals surface area (Å²) in [5.74, 6) is 2.37. The highest BCUT2D eigenvalue weighted by molar-refractivity contribution is 14.1. The van der Waals surface area contributed by atoms with Gasteiger partial charge in [-0.15, -0.1) is 0 Å². The summed E-state index contributed by atoms with van der Waals surface area (Å²) in [6.45, 7) is 5.74. The number of alkyl halides is 1. The zero-order chi connectivity index (χ0) is 26.1. The molecule has 198 valence electrons. The molecule has 11 heteroatoms. The number of hydrogen-bond donors (Lipinski definition) is 2. The van der Waals surface area contributed by atoms with E-state index in [0.29, 0.717) is 25.6 Å². The summed E-state index contributed by atoms with van der Waals surface area (Å²) >= 11 is 2.33. The number of benzene rings is 1. The zero-order valence-corrected chi connectivity index (χ0v) is 23.5. The number of rotatable bonds is 5. The van der Waals surface area contributed by atoms with E-state index in [-0.39, 0.29) is 15.6 Å². The van der Waals surface area contributed by atoms with Gasteiger partial charge < -0.3 is 25.2 Å². The Labute approximate surface area is 235 Å². The van der Waals surface area contributed by atoms with Gasteiger partial charge in [0, 0.05) is 48.7 Å². The molecule has 1 atom stereocenters. The Morgan fingerprint density at radius 1 is 1.13 bits per heavy atom. The molecule has 1 saturated carbocycles. The van der Waals surface area contributed by atoms with Crippen LogP contribution in [0.15, 0.2) is 42.7 Å². The second-order valence-corrected chi connectivity index (χ2v) is 12.2. The van der Waals surface area contributed by atoms with Gasteiger partial charge in [0.15, 0.2) is 5.82 Å². The first-order valence-corrected chi connectivity index (χ1v) is 14.2. The Hall–Kier alpha value is -3.06. The maximum Gasteiger partial charge on any atom is 0.320 e. The predicted molar refractivity (Wildman–Crippen MR) is 155 cm³/mol. The highest BCUT2D eigenvalue weighted by Crippen LogP contribution is 2.38. The van der Waals surface area contributed by atoms with Crippen LogP contribution >= 0.6 is 22.6 Å². The maximum absolute atomic E-state index is 12.4. The van der Waals surface area contributed by atoms with E-state index in [4.69, 9.17) is 14.7 Å². The van der Waals surface area contributed by atoms with Crippen LogP contribution in [0.1, 0.15) is 37.4 Å². The first-order chi connectivity index (χ1) is 18.5. The molecule has 0 spiro atoms. The van der Waals surface area contributed by atoms with Crippen LogP contribution in [0.5, 0.6) is 0 Å². The number of amides is 2. The molecular weight excluding hydrogens is 595 g/mol. The van der Waals surface area contributed by atoms with Gasteiger partial charge in [-0.25, -0.2) is 24.7 Å². The molecule has 2 aromatic heterocycles. The van der Waals surface area contributed by atoms with E-state index in [1.165, 1.54) is 0 Å². The van der Waals surface area contributed by atoms with Crippen molar-refractivity contribution < 1.29 is 9.53 Å². The third kappa shape index (κ3) is 5.26. The van der Waals surface area contributed by atoms with E-state index in [1.54, 1.807) is 12.4 Å². The van der Waals surface area contributed by atoms with Crippen molar-refractivity contribution >= 4 is 46.1 Å². The second kappa shape index (κ2) is 10.6. The fraction of sp³-hybridized carbons (Fsp3) is 0.444. The van der Waals surface area contributed by atoms with Gasteiger partial charge in [-0.2, -0.15) is 0 Å². The van der Waals surface area contributed by atoms with Gasteiger partial charge >= 0.3 is 6.03 Å². The highest BCUT2D eigenvalue weighted by atomic mass is 127. The number of halogens is 1. The first-order valence-electron chi connectivity index (χ1n) is 13.1. The summed E-state index contributed by atoms with van der Waals surface area (Å²) in [6, 6.07) is 9.63. The molecule has 4 heterocycles. The second-order valence-electron chi connectivity index (χ2n) is 10.1. The van der Waals surface area contributed by atoms with E-state index in [9.17, 15) is 4.79 Å². The van der Waals surface area contributed by atoms with Crippen molar-refractivity contribution in [1.82, 2.24) is 25.3 Å². The molecule has 2 amide bonds. The van der Waals surface area contributed by atoms with Gasteiger partial charge in [0.05, 0.1) is 35.0 Å². The molecular formula is C27H31IN8O2. The van der Waals surface area contributed by atoms with Crippen LogP contribution in [0.4, 0.5) is 22.2 Å². The van der Waals surface area contributed by atoms with E-state index in [2.05, 4.69) is 59.9 Å². The number of morpholine rings is 1. The molecule has 1 aliphatic carbocycles. The third-order valence-electron chi connectivity index (χ3n) is 7.40. The molecule has 0 bridgehead atoms. The van der Waals surface area contributed by atoms with Gasteiger partial charge in [-0.1, -0.05) is 22.6 Å². The van der Waals surface area contributed by atoms with Crippen molar-refractivity contribution in [3.63, 3.8) is 0 Å². The summed E-state index contributed by atoms with van der Waals surface area (Å²) in [4.78, 5) is 36.0. The lowest BCUT2D eigenvalue weighted by molar-refractivity contribution is 0.0984. The third-order valence-corrected chi connectivity index (χ3v) is 8.75. The number of fused-ring (bicyclic) bond motifs is 1. The largest absolute Gasteiger partial charge is 0.377 e. The van der Waals surface area contributed by atoms with Gasteiger partial charge in [-0.3, -0.25) is 0 Å². The lowest BCUT2D eigenvalue weighted by atomic mass is 9.93. The lowest BCUT2D eigenvalue weighted by Crippen LogP contribution is -2.49. The molecule has 0 radical (unpaired) electrons. The van der Waals surface area contributed by atoms with Crippen molar-refractivity contribution in [2.75, 3.05) is 41.4 Å². The molecule has 10 nitrogen and oxygen atoms in total. The number of anilines is 3. The van der Waals surface area contributed by atoms with Crippen LogP contribution in [-0.2, 0) is 17.7 Å². The van der Waals surface area contributed by atoms with Gasteiger partial charge in [0.1, 0.15) is 5.82 Å². The number of carbonyl (C=O) groups excluding carboxylic acids is 1. The quantitative estimate of drug-likeness (QED) is 0.247. The van der Waals surface area contributed by atoms with Crippen molar-refractivity contribution in [3.8, 4) is 11.4 Å². The van der Waals surface area contributed by atoms with Crippen LogP contribution in [0.3, 0.4) is 0 Å². The monoisotopic (exact) mass is 626 g/mol. The average molecular weight is 627 g/mol. The maximum atomic E-state index is 12.4. The Kier molecular flexibility index (Phi) is 7.04. The zero-order valence-electron chi connectivity index (χ0n) is 21.4. The minimum atomic E-state index is -0.174. The molecule has 1 saturated heterocycles. The molecule has 2 aliphatic heterocycles. The molecule has 2 fully saturated rings. The molecule has 1 unspecified atom stereocenters. The Bertz CT molecular complexity index is 1300. The summed E-state index contributed by atoms with van der Waals surface area (Å²) in [5, 5.41) is 6.02. The summed E-state index contributed by atoms with van der Waals surface area (Å²) in [7, 11) is 0. The Balaban J connectivity index is 1.28. The van der Waals surface area contributed by atoms with Crippen LogP contribution < -0.4 is 20.4 Å². The molecule has 6 rings (SSSR count). The van der Waals surface area contributed by atoms with Gasteiger partial charge in [-0.05, 0) is 56.5 Å². The minimum Gasteiger partial charge on any atom is -0.377 e. The average Bonchev–Trinajstić information content (AvgIpc) is 2.92. The first kappa shape index (κ1) is 25.2. The summed E-state index contributed by atoms with van der Waals surface area (Å²) in [5.41, 5.74) is 3.84. The van der Waals surface area contributed by atoms with E-state index in [1.807, 2.05) is 30.3 Å². The molecule has 38 heavy (non-hydrogen) atoms. The van der Waals surface area contributed by atoms with Crippen molar-refractivity contribution in [1.29, 1.82) is 0 Å². The fourth-order valence-electron chi connectivity index (χ4n) is 5.11. The minimum absolute atomic E-state index is 0.117. The highest BCUT2D eigenvalue weighted by Gasteiger charge is 2.35. The lowest BCUT2D eigenvalue weighted by Gasteiger charge is -2.38. The van der Waals surface area contributed by atoms with Crippen LogP contribution in [-0.4, -0.2) is 61.9 Å². The number of ether oxygens (including phenoxy) is 1. The number of hydrogen-bond acceptors (Lipinski definition) is 8. The standard InChI is InChI=1S/C27H31IN8O2/c1-18-17-38-15-14-36(18)24-21-16-35(25-29-11-3-12-30-25)13-8-22(21)32-23(33-24)19-4-6-20(7-5-19)31-26(37)34-27(28)9-2-10-27/h3-7,11-12,18H,2,8-10,13-17H2,1H3,(H2,31,34,37). The van der Waals surface area contributed by atoms with E-state index in [0.717, 1.165) is 73.0 Å². The molecule has 3 aliphatic rings. The number of carbonyl (C=O) groups is 1.